The minimum Gasteiger partial charge on any atom is -0.508 e. The van der Waals surface area contributed by atoms with Crippen LogP contribution in [-0.2, 0) is 16.0 Å². The Hall–Kier alpha value is -2.24. The van der Waals surface area contributed by atoms with E-state index in [4.69, 9.17) is 9.84 Å². The summed E-state index contributed by atoms with van der Waals surface area (Å²) >= 11 is 0. The van der Waals surface area contributed by atoms with Crippen molar-refractivity contribution in [2.24, 2.45) is 0 Å². The Bertz CT molecular complexity index is 548. The number of carbonyl (C=O) groups is 2. The lowest BCUT2D eigenvalue weighted by Crippen LogP contribution is -2.41. The minimum absolute atomic E-state index is 0.104. The molecule has 0 bridgehead atoms. The highest BCUT2D eigenvalue weighted by molar-refractivity contribution is 5.71. The van der Waals surface area contributed by atoms with Gasteiger partial charge in [0.1, 0.15) is 11.4 Å². The number of phenols is 1. The van der Waals surface area contributed by atoms with E-state index in [-0.39, 0.29) is 12.2 Å². The maximum absolute atomic E-state index is 11.8. The maximum Gasteiger partial charge on any atom is 0.407 e. The summed E-state index contributed by atoms with van der Waals surface area (Å²) in [6.07, 6.45) is -0.586. The van der Waals surface area contributed by atoms with Gasteiger partial charge in [-0.1, -0.05) is 6.07 Å². The van der Waals surface area contributed by atoms with Gasteiger partial charge >= 0.3 is 12.1 Å². The number of amides is 1. The van der Waals surface area contributed by atoms with Crippen LogP contribution in [0.4, 0.5) is 4.79 Å². The monoisotopic (exact) mass is 309 g/mol. The van der Waals surface area contributed by atoms with E-state index in [1.165, 1.54) is 0 Å². The van der Waals surface area contributed by atoms with Crippen LogP contribution in [0, 0.1) is 6.92 Å². The summed E-state index contributed by atoms with van der Waals surface area (Å²) in [5.74, 6) is -0.911. The third-order valence-corrected chi connectivity index (χ3v) is 2.94. The molecule has 0 aliphatic rings. The number of hydrogen-bond donors (Lipinski definition) is 3. The molecule has 1 rings (SSSR count). The molecule has 6 nitrogen and oxygen atoms in total. The van der Waals surface area contributed by atoms with Gasteiger partial charge in [0.25, 0.3) is 0 Å². The number of aromatic hydroxyl groups is 1. The van der Waals surface area contributed by atoms with Crippen LogP contribution in [0.15, 0.2) is 18.2 Å². The molecule has 0 saturated heterocycles. The van der Waals surface area contributed by atoms with E-state index in [1.54, 1.807) is 39.0 Å². The first-order valence-corrected chi connectivity index (χ1v) is 7.06. The van der Waals surface area contributed by atoms with Crippen molar-refractivity contribution >= 4 is 12.1 Å². The molecule has 0 aliphatic carbocycles. The first-order valence-electron chi connectivity index (χ1n) is 7.06. The lowest BCUT2D eigenvalue weighted by Gasteiger charge is -2.23. The van der Waals surface area contributed by atoms with Gasteiger partial charge in [-0.05, 0) is 57.4 Å². The van der Waals surface area contributed by atoms with Gasteiger partial charge in [0.05, 0.1) is 6.42 Å². The second kappa shape index (κ2) is 7.15. The predicted molar refractivity (Wildman–Crippen MR) is 82.0 cm³/mol. The number of ether oxygens (including phenoxy) is 1. The average Bonchev–Trinajstić information content (AvgIpc) is 2.30. The van der Waals surface area contributed by atoms with Gasteiger partial charge in [-0.15, -0.1) is 0 Å². The molecule has 0 saturated carbocycles. The Balaban J connectivity index is 2.82. The molecule has 122 valence electrons. The number of carboxylic acid groups (broad SMARTS) is 1. The number of aryl methyl sites for hydroxylation is 1. The molecule has 1 atom stereocenters. The fraction of sp³-hybridized carbons (Fsp3) is 0.500. The van der Waals surface area contributed by atoms with Crippen molar-refractivity contribution in [3.63, 3.8) is 0 Å². The van der Waals surface area contributed by atoms with E-state index in [0.717, 1.165) is 11.1 Å². The van der Waals surface area contributed by atoms with Crippen LogP contribution in [0.25, 0.3) is 0 Å². The van der Waals surface area contributed by atoms with Gasteiger partial charge < -0.3 is 20.3 Å². The quantitative estimate of drug-likeness (QED) is 0.777. The van der Waals surface area contributed by atoms with Crippen molar-refractivity contribution in [2.45, 2.75) is 52.2 Å². The Morgan fingerprint density at radius 3 is 2.50 bits per heavy atom. The smallest absolute Gasteiger partial charge is 0.407 e. The standard InChI is InChI=1S/C16H23NO5/c1-10-5-6-13(18)8-11(10)7-12(9-14(19)20)17-15(21)22-16(2,3)4/h5-6,8,12,18H,7,9H2,1-4H3,(H,17,21)(H,19,20)/t12-/m1/s1. The Labute approximate surface area is 130 Å². The van der Waals surface area contributed by atoms with E-state index < -0.39 is 23.7 Å². The lowest BCUT2D eigenvalue weighted by atomic mass is 9.99. The van der Waals surface area contributed by atoms with Gasteiger partial charge in [-0.2, -0.15) is 0 Å². The summed E-state index contributed by atoms with van der Waals surface area (Å²) in [5, 5.41) is 21.1. The highest BCUT2D eigenvalue weighted by Gasteiger charge is 2.22. The molecule has 3 N–H and O–H groups in total. The second-order valence-corrected chi connectivity index (χ2v) is 6.26. The van der Waals surface area contributed by atoms with Crippen LogP contribution in [0.5, 0.6) is 5.75 Å². The maximum atomic E-state index is 11.8. The Kier molecular flexibility index (Phi) is 5.79. The van der Waals surface area contributed by atoms with Crippen LogP contribution >= 0.6 is 0 Å². The SMILES string of the molecule is Cc1ccc(O)cc1C[C@H](CC(=O)O)NC(=O)OC(C)(C)C. The van der Waals surface area contributed by atoms with Crippen molar-refractivity contribution in [3.05, 3.63) is 29.3 Å². The molecular weight excluding hydrogens is 286 g/mol. The number of alkyl carbamates (subject to hydrolysis) is 1. The van der Waals surface area contributed by atoms with Crippen molar-refractivity contribution in [1.82, 2.24) is 5.32 Å². The molecule has 0 heterocycles. The van der Waals surface area contributed by atoms with E-state index >= 15 is 0 Å². The zero-order valence-electron chi connectivity index (χ0n) is 13.3. The largest absolute Gasteiger partial charge is 0.508 e. The molecule has 0 unspecified atom stereocenters. The van der Waals surface area contributed by atoms with Crippen molar-refractivity contribution in [3.8, 4) is 5.75 Å². The van der Waals surface area contributed by atoms with Gasteiger partial charge in [0, 0.05) is 6.04 Å². The number of aliphatic carboxylic acids is 1. The molecule has 0 aromatic heterocycles. The third-order valence-electron chi connectivity index (χ3n) is 2.94. The van der Waals surface area contributed by atoms with Crippen LogP contribution in [0.1, 0.15) is 38.3 Å². The number of carboxylic acids is 1. The molecule has 0 fully saturated rings. The molecule has 22 heavy (non-hydrogen) atoms. The number of phenolic OH excluding ortho intramolecular Hbond substituents is 1. The average molecular weight is 309 g/mol. The van der Waals surface area contributed by atoms with Crippen molar-refractivity contribution < 1.29 is 24.5 Å². The van der Waals surface area contributed by atoms with Gasteiger partial charge in [-0.25, -0.2) is 4.79 Å². The molecule has 0 aliphatic heterocycles. The zero-order valence-corrected chi connectivity index (χ0v) is 13.3. The van der Waals surface area contributed by atoms with Crippen LogP contribution in [0.2, 0.25) is 0 Å². The summed E-state index contributed by atoms with van der Waals surface area (Å²) in [7, 11) is 0. The fourth-order valence-electron chi connectivity index (χ4n) is 2.00. The molecule has 6 heteroatoms. The van der Waals surface area contributed by atoms with Crippen LogP contribution in [-0.4, -0.2) is 33.9 Å². The van der Waals surface area contributed by atoms with Gasteiger partial charge in [0.15, 0.2) is 0 Å². The second-order valence-electron chi connectivity index (χ2n) is 6.26. The summed E-state index contributed by atoms with van der Waals surface area (Å²) in [5.41, 5.74) is 1.04. The molecular formula is C16H23NO5. The first kappa shape index (κ1) is 17.8. The summed E-state index contributed by atoms with van der Waals surface area (Å²) in [4.78, 5) is 22.8. The summed E-state index contributed by atoms with van der Waals surface area (Å²) in [6.45, 7) is 7.06. The van der Waals surface area contributed by atoms with Crippen molar-refractivity contribution in [1.29, 1.82) is 0 Å². The number of carbonyl (C=O) groups excluding carboxylic acids is 1. The molecule has 1 aromatic rings. The van der Waals surface area contributed by atoms with E-state index in [2.05, 4.69) is 5.32 Å². The molecule has 0 spiro atoms. The molecule has 1 amide bonds. The number of hydrogen-bond acceptors (Lipinski definition) is 4. The van der Waals surface area contributed by atoms with Gasteiger partial charge in [0.2, 0.25) is 0 Å². The van der Waals surface area contributed by atoms with Crippen LogP contribution in [0.3, 0.4) is 0 Å². The predicted octanol–water partition coefficient (Wildman–Crippen LogP) is 2.61. The van der Waals surface area contributed by atoms with E-state index in [9.17, 15) is 14.7 Å². The lowest BCUT2D eigenvalue weighted by molar-refractivity contribution is -0.137. The highest BCUT2D eigenvalue weighted by atomic mass is 16.6. The molecule has 1 aromatic carbocycles. The van der Waals surface area contributed by atoms with Crippen LogP contribution < -0.4 is 5.32 Å². The summed E-state index contributed by atoms with van der Waals surface area (Å²) in [6, 6.07) is 4.26. The highest BCUT2D eigenvalue weighted by Crippen LogP contribution is 2.18. The fourth-order valence-corrected chi connectivity index (χ4v) is 2.00. The van der Waals surface area contributed by atoms with Crippen molar-refractivity contribution in [2.75, 3.05) is 0 Å². The Morgan fingerprint density at radius 1 is 1.32 bits per heavy atom. The first-order chi connectivity index (χ1) is 10.1. The van der Waals surface area contributed by atoms with Gasteiger partial charge in [-0.3, -0.25) is 4.79 Å². The topological polar surface area (TPSA) is 95.9 Å². The summed E-state index contributed by atoms with van der Waals surface area (Å²) < 4.78 is 5.15. The Morgan fingerprint density at radius 2 is 1.95 bits per heavy atom. The normalized spacial score (nSPS) is 12.5. The molecule has 0 radical (unpaired) electrons. The minimum atomic E-state index is -1.01. The number of benzene rings is 1. The van der Waals surface area contributed by atoms with E-state index in [1.807, 2.05) is 6.92 Å². The number of nitrogens with one attached hydrogen (secondary N) is 1. The third kappa shape index (κ3) is 6.47. The van der Waals surface area contributed by atoms with E-state index in [0.29, 0.717) is 6.42 Å². The number of rotatable bonds is 5. The zero-order chi connectivity index (χ0) is 16.9.